The van der Waals surface area contributed by atoms with Crippen molar-refractivity contribution in [1.29, 1.82) is 0 Å². The Labute approximate surface area is 108 Å². The lowest BCUT2D eigenvalue weighted by molar-refractivity contribution is -0.116. The summed E-state index contributed by atoms with van der Waals surface area (Å²) in [6.45, 7) is 0.108. The highest BCUT2D eigenvalue weighted by Crippen LogP contribution is 2.37. The summed E-state index contributed by atoms with van der Waals surface area (Å²) in [7, 11) is 0. The van der Waals surface area contributed by atoms with Crippen LogP contribution in [0.2, 0.25) is 0 Å². The molecule has 1 aliphatic carbocycles. The number of rotatable bonds is 3. The maximum absolute atomic E-state index is 10.9. The highest BCUT2D eigenvalue weighted by atomic mass is 32.1. The first kappa shape index (κ1) is 11.4. The third-order valence-electron chi connectivity index (χ3n) is 3.18. The van der Waals surface area contributed by atoms with Crippen LogP contribution in [0.3, 0.4) is 0 Å². The van der Waals surface area contributed by atoms with Gasteiger partial charge in [0.25, 0.3) is 0 Å². The smallest absolute Gasteiger partial charge is 0.236 e. The molecule has 0 saturated heterocycles. The molecule has 2 heterocycles. The molecular weight excluding hydrogens is 248 g/mol. The van der Waals surface area contributed by atoms with E-state index in [1.54, 1.807) is 11.3 Å². The van der Waals surface area contributed by atoms with E-state index in [-0.39, 0.29) is 12.5 Å². The standard InChI is InChI=1S/C12H14N4OS/c13-9(17)5-14-11-10-7-3-1-2-4-8(7)18-12(10)16-6-15-11/h6H,1-5H2,(H2,13,17)(H,14,15,16). The van der Waals surface area contributed by atoms with Gasteiger partial charge < -0.3 is 11.1 Å². The number of nitrogens with one attached hydrogen (secondary N) is 1. The maximum Gasteiger partial charge on any atom is 0.236 e. The second-order valence-electron chi connectivity index (χ2n) is 4.43. The van der Waals surface area contributed by atoms with Gasteiger partial charge in [-0.3, -0.25) is 4.79 Å². The lowest BCUT2D eigenvalue weighted by Gasteiger charge is -2.11. The Morgan fingerprint density at radius 1 is 1.39 bits per heavy atom. The number of amides is 1. The fourth-order valence-electron chi connectivity index (χ4n) is 2.40. The second-order valence-corrected chi connectivity index (χ2v) is 5.52. The number of primary amides is 1. The largest absolute Gasteiger partial charge is 0.368 e. The van der Waals surface area contributed by atoms with Crippen LogP contribution < -0.4 is 11.1 Å². The Kier molecular flexibility index (Phi) is 2.87. The third-order valence-corrected chi connectivity index (χ3v) is 4.38. The molecule has 0 spiro atoms. The molecule has 0 saturated carbocycles. The predicted molar refractivity (Wildman–Crippen MR) is 71.7 cm³/mol. The summed E-state index contributed by atoms with van der Waals surface area (Å²) >= 11 is 1.74. The van der Waals surface area contributed by atoms with Gasteiger partial charge >= 0.3 is 0 Å². The third kappa shape index (κ3) is 1.92. The van der Waals surface area contributed by atoms with Crippen LogP contribution in [0.4, 0.5) is 5.82 Å². The minimum Gasteiger partial charge on any atom is -0.368 e. The van der Waals surface area contributed by atoms with Crippen LogP contribution in [-0.2, 0) is 17.6 Å². The molecule has 0 fully saturated rings. The van der Waals surface area contributed by atoms with Crippen molar-refractivity contribution in [2.45, 2.75) is 25.7 Å². The molecule has 0 bridgehead atoms. The van der Waals surface area contributed by atoms with Crippen LogP contribution in [0.1, 0.15) is 23.3 Å². The number of aryl methyl sites for hydroxylation is 2. The summed E-state index contributed by atoms with van der Waals surface area (Å²) in [5.41, 5.74) is 6.51. The number of nitrogens with two attached hydrogens (primary N) is 1. The molecule has 0 atom stereocenters. The molecule has 3 N–H and O–H groups in total. The first-order chi connectivity index (χ1) is 8.75. The number of hydrogen-bond acceptors (Lipinski definition) is 5. The van der Waals surface area contributed by atoms with Crippen LogP contribution in [0.25, 0.3) is 10.2 Å². The summed E-state index contributed by atoms with van der Waals surface area (Å²) in [5.74, 6) is 0.351. The first-order valence-electron chi connectivity index (χ1n) is 6.03. The summed E-state index contributed by atoms with van der Waals surface area (Å²) in [6, 6.07) is 0. The topological polar surface area (TPSA) is 80.9 Å². The molecule has 0 aliphatic heterocycles. The molecule has 3 rings (SSSR count). The summed E-state index contributed by atoms with van der Waals surface area (Å²) in [5, 5.41) is 4.09. The Morgan fingerprint density at radius 3 is 3.06 bits per heavy atom. The molecule has 1 aliphatic rings. The van der Waals surface area contributed by atoms with Crippen molar-refractivity contribution in [3.05, 3.63) is 16.8 Å². The molecule has 1 amide bonds. The molecular formula is C12H14N4OS. The minimum absolute atomic E-state index is 0.108. The Hall–Kier alpha value is -1.69. The van der Waals surface area contributed by atoms with Gasteiger partial charge in [-0.2, -0.15) is 0 Å². The summed E-state index contributed by atoms with van der Waals surface area (Å²) in [6.07, 6.45) is 6.20. The number of thiophene rings is 1. The van der Waals surface area contributed by atoms with Crippen molar-refractivity contribution < 1.29 is 4.79 Å². The van der Waals surface area contributed by atoms with Crippen LogP contribution >= 0.6 is 11.3 Å². The molecule has 0 unspecified atom stereocenters. The van der Waals surface area contributed by atoms with Crippen molar-refractivity contribution in [3.63, 3.8) is 0 Å². The van der Waals surface area contributed by atoms with Gasteiger partial charge in [0, 0.05) is 4.88 Å². The number of fused-ring (bicyclic) bond motifs is 3. The van der Waals surface area contributed by atoms with Gasteiger partial charge in [-0.1, -0.05) is 0 Å². The maximum atomic E-state index is 10.9. The molecule has 2 aromatic heterocycles. The Bertz CT molecular complexity index is 607. The van der Waals surface area contributed by atoms with Gasteiger partial charge in [0.2, 0.25) is 5.91 Å². The van der Waals surface area contributed by atoms with Crippen LogP contribution in [0.5, 0.6) is 0 Å². The van der Waals surface area contributed by atoms with E-state index >= 15 is 0 Å². The average Bonchev–Trinajstić information content (AvgIpc) is 2.75. The lowest BCUT2D eigenvalue weighted by Crippen LogP contribution is -2.22. The van der Waals surface area contributed by atoms with Gasteiger partial charge in [-0.15, -0.1) is 11.3 Å². The van der Waals surface area contributed by atoms with E-state index in [1.807, 2.05) is 0 Å². The first-order valence-corrected chi connectivity index (χ1v) is 6.85. The fourth-order valence-corrected chi connectivity index (χ4v) is 3.62. The molecule has 0 aromatic carbocycles. The Balaban J connectivity index is 2.08. The minimum atomic E-state index is -0.383. The Morgan fingerprint density at radius 2 is 2.22 bits per heavy atom. The zero-order chi connectivity index (χ0) is 12.5. The second kappa shape index (κ2) is 4.53. The van der Waals surface area contributed by atoms with Gasteiger partial charge in [-0.05, 0) is 31.2 Å². The number of anilines is 1. The summed E-state index contributed by atoms with van der Waals surface area (Å²) < 4.78 is 0. The van der Waals surface area contributed by atoms with Gasteiger partial charge in [0.1, 0.15) is 17.0 Å². The van der Waals surface area contributed by atoms with Crippen LogP contribution in [0.15, 0.2) is 6.33 Å². The molecule has 0 radical (unpaired) electrons. The van der Waals surface area contributed by atoms with Crippen molar-refractivity contribution in [1.82, 2.24) is 9.97 Å². The molecule has 6 heteroatoms. The summed E-state index contributed by atoms with van der Waals surface area (Å²) in [4.78, 5) is 21.8. The van der Waals surface area contributed by atoms with Crippen LogP contribution in [-0.4, -0.2) is 22.4 Å². The highest BCUT2D eigenvalue weighted by Gasteiger charge is 2.19. The quantitative estimate of drug-likeness (QED) is 0.877. The molecule has 94 valence electrons. The van der Waals surface area contributed by atoms with Crippen molar-refractivity contribution >= 4 is 33.3 Å². The number of aromatic nitrogens is 2. The van der Waals surface area contributed by atoms with Crippen molar-refractivity contribution in [3.8, 4) is 0 Å². The number of carbonyl (C=O) groups is 1. The van der Waals surface area contributed by atoms with E-state index in [4.69, 9.17) is 5.73 Å². The molecule has 18 heavy (non-hydrogen) atoms. The number of carbonyl (C=O) groups excluding carboxylic acids is 1. The molecule has 2 aromatic rings. The SMILES string of the molecule is NC(=O)CNc1ncnc2sc3c(c12)CCCC3. The van der Waals surface area contributed by atoms with Crippen LogP contribution in [0, 0.1) is 0 Å². The zero-order valence-electron chi connectivity index (χ0n) is 9.90. The van der Waals surface area contributed by atoms with Gasteiger partial charge in [-0.25, -0.2) is 9.97 Å². The zero-order valence-corrected chi connectivity index (χ0v) is 10.7. The highest BCUT2D eigenvalue weighted by molar-refractivity contribution is 7.19. The van der Waals surface area contributed by atoms with E-state index in [0.29, 0.717) is 0 Å². The van der Waals surface area contributed by atoms with Gasteiger partial charge in [0.05, 0.1) is 11.9 Å². The average molecular weight is 262 g/mol. The predicted octanol–water partition coefficient (Wildman–Crippen LogP) is 1.47. The van der Waals surface area contributed by atoms with Crippen molar-refractivity contribution in [2.24, 2.45) is 5.73 Å². The van der Waals surface area contributed by atoms with E-state index in [1.165, 1.54) is 29.6 Å². The van der Waals surface area contributed by atoms with Crippen molar-refractivity contribution in [2.75, 3.05) is 11.9 Å². The monoisotopic (exact) mass is 262 g/mol. The normalized spacial score (nSPS) is 14.4. The van der Waals surface area contributed by atoms with Gasteiger partial charge in [0.15, 0.2) is 0 Å². The molecule has 5 nitrogen and oxygen atoms in total. The van der Waals surface area contributed by atoms with E-state index in [0.717, 1.165) is 28.9 Å². The fraction of sp³-hybridized carbons (Fsp3) is 0.417. The number of nitrogens with zero attached hydrogens (tertiary/aromatic N) is 2. The van der Waals surface area contributed by atoms with E-state index in [9.17, 15) is 4.79 Å². The number of hydrogen-bond donors (Lipinski definition) is 2. The lowest BCUT2D eigenvalue weighted by atomic mass is 9.97. The van der Waals surface area contributed by atoms with E-state index < -0.39 is 0 Å². The van der Waals surface area contributed by atoms with E-state index in [2.05, 4.69) is 15.3 Å².